The lowest BCUT2D eigenvalue weighted by Crippen LogP contribution is -2.48. The maximum Gasteiger partial charge on any atom is 0.338 e. The molecule has 160 valence electrons. The van der Waals surface area contributed by atoms with Gasteiger partial charge in [-0.1, -0.05) is 48.7 Å². The second-order valence-corrected chi connectivity index (χ2v) is 8.71. The van der Waals surface area contributed by atoms with E-state index in [9.17, 15) is 4.79 Å². The van der Waals surface area contributed by atoms with Gasteiger partial charge in [-0.3, -0.25) is 0 Å². The number of nitrogens with one attached hydrogen (secondary N) is 2. The fourth-order valence-electron chi connectivity index (χ4n) is 4.23. The van der Waals surface area contributed by atoms with Gasteiger partial charge < -0.3 is 15.4 Å². The molecule has 4 nitrogen and oxygen atoms in total. The number of carbonyl (C=O) groups is 1. The van der Waals surface area contributed by atoms with E-state index in [1.807, 2.05) is 26.0 Å². The minimum Gasteiger partial charge on any atom is -0.462 e. The molecule has 0 aliphatic heterocycles. The summed E-state index contributed by atoms with van der Waals surface area (Å²) in [6, 6.07) is 14.3. The van der Waals surface area contributed by atoms with Crippen molar-refractivity contribution in [1.29, 1.82) is 0 Å². The van der Waals surface area contributed by atoms with Crippen molar-refractivity contribution in [3.8, 4) is 0 Å². The molecule has 0 saturated heterocycles. The van der Waals surface area contributed by atoms with Gasteiger partial charge in [-0.15, -0.1) is 0 Å². The third kappa shape index (κ3) is 5.82. The van der Waals surface area contributed by atoms with Crippen LogP contribution in [0.2, 0.25) is 0 Å². The summed E-state index contributed by atoms with van der Waals surface area (Å²) in [6.07, 6.45) is 6.79. The number of benzene rings is 2. The molecule has 0 atom stereocenters. The summed E-state index contributed by atoms with van der Waals surface area (Å²) < 4.78 is 5.12. The molecule has 2 N–H and O–H groups in total. The predicted octanol–water partition coefficient (Wildman–Crippen LogP) is 5.71. The molecule has 0 spiro atoms. The van der Waals surface area contributed by atoms with Crippen LogP contribution in [0.5, 0.6) is 0 Å². The van der Waals surface area contributed by atoms with E-state index in [1.54, 1.807) is 6.07 Å². The van der Waals surface area contributed by atoms with Gasteiger partial charge in [0.2, 0.25) is 0 Å². The minimum atomic E-state index is -0.315. The van der Waals surface area contributed by atoms with E-state index >= 15 is 0 Å². The summed E-state index contributed by atoms with van der Waals surface area (Å²) in [7, 11) is 0. The first kappa shape index (κ1) is 22.3. The smallest absolute Gasteiger partial charge is 0.338 e. The molecule has 0 radical (unpaired) electrons. The Bertz CT molecular complexity index is 904. The molecule has 0 amide bonds. The summed E-state index contributed by atoms with van der Waals surface area (Å²) in [4.78, 5) is 12.1. The highest BCUT2D eigenvalue weighted by molar-refractivity contribution is 7.80. The van der Waals surface area contributed by atoms with Crippen LogP contribution >= 0.6 is 12.2 Å². The van der Waals surface area contributed by atoms with Gasteiger partial charge in [-0.05, 0) is 81.9 Å². The topological polar surface area (TPSA) is 50.4 Å². The van der Waals surface area contributed by atoms with E-state index in [2.05, 4.69) is 41.8 Å². The summed E-state index contributed by atoms with van der Waals surface area (Å²) in [5.41, 5.74) is 5.11. The summed E-state index contributed by atoms with van der Waals surface area (Å²) in [6.45, 7) is 6.31. The van der Waals surface area contributed by atoms with Gasteiger partial charge in [0.25, 0.3) is 0 Å². The van der Waals surface area contributed by atoms with E-state index in [1.165, 1.54) is 24.0 Å². The largest absolute Gasteiger partial charge is 0.462 e. The van der Waals surface area contributed by atoms with Crippen molar-refractivity contribution in [3.05, 3.63) is 64.7 Å². The van der Waals surface area contributed by atoms with Gasteiger partial charge in [0.05, 0.1) is 12.2 Å². The highest BCUT2D eigenvalue weighted by Crippen LogP contribution is 2.34. The second-order valence-electron chi connectivity index (χ2n) is 8.31. The molecule has 30 heavy (non-hydrogen) atoms. The van der Waals surface area contributed by atoms with Crippen LogP contribution in [0.4, 0.5) is 5.69 Å². The highest BCUT2D eigenvalue weighted by atomic mass is 32.1. The first-order valence-corrected chi connectivity index (χ1v) is 11.2. The van der Waals surface area contributed by atoms with Crippen molar-refractivity contribution in [2.75, 3.05) is 11.9 Å². The Balaban J connectivity index is 1.67. The van der Waals surface area contributed by atoms with Crippen LogP contribution in [0, 0.1) is 13.8 Å². The molecule has 3 rings (SSSR count). The average Bonchev–Trinajstić information content (AvgIpc) is 3.17. The van der Waals surface area contributed by atoms with Crippen molar-refractivity contribution in [1.82, 2.24) is 5.32 Å². The minimum absolute atomic E-state index is 0.0283. The average molecular weight is 425 g/mol. The van der Waals surface area contributed by atoms with Crippen LogP contribution in [-0.4, -0.2) is 23.2 Å². The Morgan fingerprint density at radius 2 is 1.90 bits per heavy atom. The van der Waals surface area contributed by atoms with Crippen molar-refractivity contribution in [2.45, 2.75) is 64.8 Å². The van der Waals surface area contributed by atoms with E-state index in [-0.39, 0.29) is 11.5 Å². The van der Waals surface area contributed by atoms with Crippen molar-refractivity contribution < 1.29 is 9.53 Å². The van der Waals surface area contributed by atoms with Gasteiger partial charge >= 0.3 is 5.97 Å². The molecule has 0 heterocycles. The van der Waals surface area contributed by atoms with E-state index in [0.29, 0.717) is 17.3 Å². The van der Waals surface area contributed by atoms with Crippen LogP contribution in [-0.2, 0) is 11.2 Å². The van der Waals surface area contributed by atoms with Crippen LogP contribution in [0.1, 0.15) is 66.1 Å². The number of hydrogen-bond donors (Lipinski definition) is 2. The number of esters is 1. The summed E-state index contributed by atoms with van der Waals surface area (Å²) in [5.74, 6) is -0.315. The quantitative estimate of drug-likeness (QED) is 0.440. The monoisotopic (exact) mass is 424 g/mol. The molecule has 1 aliphatic carbocycles. The molecule has 1 fully saturated rings. The molecule has 1 saturated carbocycles. The number of rotatable bonds is 7. The lowest BCUT2D eigenvalue weighted by Gasteiger charge is -2.32. The van der Waals surface area contributed by atoms with Gasteiger partial charge in [-0.2, -0.15) is 0 Å². The Labute approximate surface area is 185 Å². The maximum atomic E-state index is 12.1. The first-order valence-electron chi connectivity index (χ1n) is 10.8. The normalized spacial score (nSPS) is 14.9. The number of hydrogen-bond acceptors (Lipinski definition) is 3. The third-order valence-corrected chi connectivity index (χ3v) is 6.12. The number of aryl methyl sites for hydroxylation is 3. The fourth-order valence-corrected chi connectivity index (χ4v) is 4.56. The van der Waals surface area contributed by atoms with Gasteiger partial charge in [-0.25, -0.2) is 4.79 Å². The van der Waals surface area contributed by atoms with Gasteiger partial charge in [0, 0.05) is 11.2 Å². The molecule has 5 heteroatoms. The zero-order chi connectivity index (χ0) is 21.6. The second kappa shape index (κ2) is 10.1. The Morgan fingerprint density at radius 3 is 2.60 bits per heavy atom. The van der Waals surface area contributed by atoms with Crippen molar-refractivity contribution >= 4 is 29.0 Å². The maximum absolute atomic E-state index is 12.1. The van der Waals surface area contributed by atoms with E-state index in [0.717, 1.165) is 36.9 Å². The standard InChI is InChI=1S/C25H32N2O2S/c1-4-29-23(28)21-11-10-19(3)22(17-21)26-24(30)27-25(13-5-6-14-25)15-12-20-9-7-8-18(2)16-20/h7-11,16-17H,4-6,12-15H2,1-3H3,(H2,26,27,30). The molecule has 0 aromatic heterocycles. The van der Waals surface area contributed by atoms with Gasteiger partial charge in [0.1, 0.15) is 0 Å². The highest BCUT2D eigenvalue weighted by Gasteiger charge is 2.34. The van der Waals surface area contributed by atoms with Crippen LogP contribution in [0.15, 0.2) is 42.5 Å². The molecule has 0 bridgehead atoms. The molecule has 0 unspecified atom stereocenters. The van der Waals surface area contributed by atoms with Crippen LogP contribution < -0.4 is 10.6 Å². The fraction of sp³-hybridized carbons (Fsp3) is 0.440. The summed E-state index contributed by atoms with van der Waals surface area (Å²) >= 11 is 5.68. The lowest BCUT2D eigenvalue weighted by atomic mass is 9.89. The Kier molecular flexibility index (Phi) is 7.48. The van der Waals surface area contributed by atoms with Crippen molar-refractivity contribution in [2.24, 2.45) is 0 Å². The SMILES string of the molecule is CCOC(=O)c1ccc(C)c(NC(=S)NC2(CCc3cccc(C)c3)CCCC2)c1. The number of anilines is 1. The first-order chi connectivity index (χ1) is 14.4. The lowest BCUT2D eigenvalue weighted by molar-refractivity contribution is 0.0526. The molecule has 2 aromatic rings. The zero-order valence-electron chi connectivity index (χ0n) is 18.2. The Hall–Kier alpha value is -2.40. The molecular weight excluding hydrogens is 392 g/mol. The Morgan fingerprint density at radius 1 is 1.13 bits per heavy atom. The number of ether oxygens (including phenoxy) is 1. The number of carbonyl (C=O) groups excluding carboxylic acids is 1. The predicted molar refractivity (Wildman–Crippen MR) is 127 cm³/mol. The van der Waals surface area contributed by atoms with E-state index in [4.69, 9.17) is 17.0 Å². The zero-order valence-corrected chi connectivity index (χ0v) is 19.0. The molecule has 1 aliphatic rings. The van der Waals surface area contributed by atoms with E-state index < -0.39 is 0 Å². The molecule has 2 aromatic carbocycles. The molecular formula is C25H32N2O2S. The van der Waals surface area contributed by atoms with Crippen molar-refractivity contribution in [3.63, 3.8) is 0 Å². The third-order valence-electron chi connectivity index (χ3n) is 5.91. The number of thiocarbonyl (C=S) groups is 1. The van der Waals surface area contributed by atoms with Crippen LogP contribution in [0.25, 0.3) is 0 Å². The summed E-state index contributed by atoms with van der Waals surface area (Å²) in [5, 5.41) is 7.57. The van der Waals surface area contributed by atoms with Gasteiger partial charge in [0.15, 0.2) is 5.11 Å². The van der Waals surface area contributed by atoms with Crippen LogP contribution in [0.3, 0.4) is 0 Å².